The van der Waals surface area contributed by atoms with E-state index in [4.69, 9.17) is 14.2 Å². The number of methoxy groups -OCH3 is 3. The third-order valence-corrected chi connectivity index (χ3v) is 6.34. The Morgan fingerprint density at radius 3 is 2.39 bits per heavy atom. The predicted octanol–water partition coefficient (Wildman–Crippen LogP) is 2.25. The van der Waals surface area contributed by atoms with E-state index in [9.17, 15) is 13.2 Å². The molecule has 0 aromatic heterocycles. The van der Waals surface area contributed by atoms with E-state index in [0.29, 0.717) is 35.6 Å². The molecule has 0 fully saturated rings. The lowest BCUT2D eigenvalue weighted by atomic mass is 10.1. The first-order chi connectivity index (χ1) is 14.7. The molecule has 0 saturated heterocycles. The molecule has 0 bridgehead atoms. The van der Waals surface area contributed by atoms with Gasteiger partial charge in [0.05, 0.1) is 25.7 Å². The predicted molar refractivity (Wildman–Crippen MR) is 118 cm³/mol. The summed E-state index contributed by atoms with van der Waals surface area (Å²) in [6.45, 7) is 2.65. The molecule has 31 heavy (non-hydrogen) atoms. The highest BCUT2D eigenvalue weighted by atomic mass is 32.2. The zero-order valence-electron chi connectivity index (χ0n) is 18.6. The van der Waals surface area contributed by atoms with Crippen molar-refractivity contribution in [2.45, 2.75) is 18.2 Å². The number of carbonyl (C=O) groups is 1. The number of benzene rings is 2. The molecule has 0 heterocycles. The van der Waals surface area contributed by atoms with E-state index in [0.717, 1.165) is 5.56 Å². The third kappa shape index (κ3) is 6.43. The Balaban J connectivity index is 2.13. The average Bonchev–Trinajstić information content (AvgIpc) is 2.76. The van der Waals surface area contributed by atoms with Gasteiger partial charge in [0, 0.05) is 32.8 Å². The van der Waals surface area contributed by atoms with Crippen LogP contribution in [0.2, 0.25) is 0 Å². The molecule has 0 radical (unpaired) electrons. The van der Waals surface area contributed by atoms with Gasteiger partial charge in [-0.1, -0.05) is 12.1 Å². The maximum atomic E-state index is 13.0. The molecular formula is C22H30N2O6S. The van der Waals surface area contributed by atoms with Crippen molar-refractivity contribution in [2.24, 2.45) is 0 Å². The molecular weight excluding hydrogens is 420 g/mol. The molecule has 1 amide bonds. The maximum absolute atomic E-state index is 13.0. The second-order valence-corrected chi connectivity index (χ2v) is 8.80. The van der Waals surface area contributed by atoms with Crippen LogP contribution in [0.3, 0.4) is 0 Å². The summed E-state index contributed by atoms with van der Waals surface area (Å²) in [7, 11) is 2.61. The van der Waals surface area contributed by atoms with E-state index < -0.39 is 10.0 Å². The van der Waals surface area contributed by atoms with Gasteiger partial charge in [-0.05, 0) is 48.7 Å². The average molecular weight is 451 g/mol. The van der Waals surface area contributed by atoms with Crippen molar-refractivity contribution in [3.05, 3.63) is 53.1 Å². The van der Waals surface area contributed by atoms with Crippen molar-refractivity contribution >= 4 is 15.9 Å². The van der Waals surface area contributed by atoms with Crippen molar-refractivity contribution in [3.8, 4) is 11.5 Å². The lowest BCUT2D eigenvalue weighted by Crippen LogP contribution is -2.30. The summed E-state index contributed by atoms with van der Waals surface area (Å²) >= 11 is 0. The van der Waals surface area contributed by atoms with Crippen LogP contribution in [0.25, 0.3) is 0 Å². The van der Waals surface area contributed by atoms with Gasteiger partial charge in [-0.25, -0.2) is 13.1 Å². The number of nitrogens with zero attached hydrogens (tertiary/aromatic N) is 1. The Labute approximate surface area is 184 Å². The third-order valence-electron chi connectivity index (χ3n) is 4.88. The van der Waals surface area contributed by atoms with Crippen LogP contribution >= 0.6 is 0 Å². The topological polar surface area (TPSA) is 94.2 Å². The van der Waals surface area contributed by atoms with Crippen LogP contribution in [0.5, 0.6) is 11.5 Å². The zero-order valence-corrected chi connectivity index (χ0v) is 19.4. The van der Waals surface area contributed by atoms with Gasteiger partial charge in [-0.15, -0.1) is 0 Å². The van der Waals surface area contributed by atoms with Crippen LogP contribution in [0.1, 0.15) is 21.5 Å². The minimum Gasteiger partial charge on any atom is -0.493 e. The second kappa shape index (κ2) is 11.1. The summed E-state index contributed by atoms with van der Waals surface area (Å²) in [5, 5.41) is 0. The van der Waals surface area contributed by atoms with Crippen molar-refractivity contribution in [2.75, 3.05) is 48.1 Å². The van der Waals surface area contributed by atoms with Crippen LogP contribution in [-0.4, -0.2) is 67.3 Å². The second-order valence-electron chi connectivity index (χ2n) is 7.03. The van der Waals surface area contributed by atoms with Crippen molar-refractivity contribution in [1.82, 2.24) is 9.62 Å². The normalized spacial score (nSPS) is 11.3. The zero-order chi connectivity index (χ0) is 23.0. The summed E-state index contributed by atoms with van der Waals surface area (Å²) in [6, 6.07) is 10.2. The highest BCUT2D eigenvalue weighted by Crippen LogP contribution is 2.27. The van der Waals surface area contributed by atoms with Crippen LogP contribution < -0.4 is 14.2 Å². The summed E-state index contributed by atoms with van der Waals surface area (Å²) in [5.74, 6) is 1.03. The first-order valence-corrected chi connectivity index (χ1v) is 11.3. The van der Waals surface area contributed by atoms with E-state index in [-0.39, 0.29) is 24.0 Å². The number of hydrogen-bond acceptors (Lipinski definition) is 6. The van der Waals surface area contributed by atoms with E-state index >= 15 is 0 Å². The molecule has 170 valence electrons. The van der Waals surface area contributed by atoms with E-state index in [2.05, 4.69) is 4.72 Å². The van der Waals surface area contributed by atoms with E-state index in [1.165, 1.54) is 19.2 Å². The summed E-state index contributed by atoms with van der Waals surface area (Å²) in [4.78, 5) is 14.6. The van der Waals surface area contributed by atoms with Crippen molar-refractivity contribution in [3.63, 3.8) is 0 Å². The number of rotatable bonds is 11. The number of carbonyl (C=O) groups excluding carboxylic acids is 1. The van der Waals surface area contributed by atoms with Gasteiger partial charge in [0.2, 0.25) is 10.0 Å². The molecule has 0 aliphatic carbocycles. The van der Waals surface area contributed by atoms with Gasteiger partial charge in [0.25, 0.3) is 5.91 Å². The molecule has 1 N–H and O–H groups in total. The Bertz CT molecular complexity index is 1010. The highest BCUT2D eigenvalue weighted by molar-refractivity contribution is 7.89. The van der Waals surface area contributed by atoms with Gasteiger partial charge in [-0.2, -0.15) is 0 Å². The van der Waals surface area contributed by atoms with Crippen LogP contribution in [0, 0.1) is 6.92 Å². The number of aryl methyl sites for hydroxylation is 1. The fraction of sp³-hybridized carbons (Fsp3) is 0.409. The highest BCUT2D eigenvalue weighted by Gasteiger charge is 2.20. The van der Waals surface area contributed by atoms with Crippen molar-refractivity contribution < 1.29 is 27.4 Å². The molecule has 2 aromatic carbocycles. The molecule has 0 aliphatic rings. The van der Waals surface area contributed by atoms with Gasteiger partial charge in [-0.3, -0.25) is 4.79 Å². The lowest BCUT2D eigenvalue weighted by molar-refractivity contribution is 0.0795. The molecule has 2 rings (SSSR count). The van der Waals surface area contributed by atoms with Gasteiger partial charge in [0.15, 0.2) is 11.5 Å². The standard InChI is InChI=1S/C22H30N2O6S/c1-16-6-8-18(31(26,27)23-11-13-28-3)15-19(16)22(25)24(2)12-10-17-7-9-20(29-4)21(14-17)30-5/h6-9,14-15,23H,10-13H2,1-5H3. The molecule has 2 aromatic rings. The number of likely N-dealkylation sites (N-methyl/N-ethyl adjacent to an activating group) is 1. The van der Waals surface area contributed by atoms with Crippen molar-refractivity contribution in [1.29, 1.82) is 0 Å². The van der Waals surface area contributed by atoms with Gasteiger partial charge in [0.1, 0.15) is 0 Å². The summed E-state index contributed by atoms with van der Waals surface area (Å²) in [5.41, 5.74) is 2.05. The van der Waals surface area contributed by atoms with Crippen LogP contribution in [0.4, 0.5) is 0 Å². The largest absolute Gasteiger partial charge is 0.493 e. The fourth-order valence-electron chi connectivity index (χ4n) is 3.00. The Morgan fingerprint density at radius 1 is 1.03 bits per heavy atom. The van der Waals surface area contributed by atoms with E-state index in [1.807, 2.05) is 18.2 Å². The van der Waals surface area contributed by atoms with Crippen LogP contribution in [-0.2, 0) is 21.2 Å². The number of ether oxygens (including phenoxy) is 3. The summed E-state index contributed by atoms with van der Waals surface area (Å²) < 4.78 is 42.8. The summed E-state index contributed by atoms with van der Waals surface area (Å²) in [6.07, 6.45) is 0.609. The molecule has 0 atom stereocenters. The molecule has 9 heteroatoms. The molecule has 0 unspecified atom stereocenters. The monoisotopic (exact) mass is 450 g/mol. The molecule has 8 nitrogen and oxygen atoms in total. The molecule has 0 spiro atoms. The van der Waals surface area contributed by atoms with Crippen LogP contribution in [0.15, 0.2) is 41.3 Å². The quantitative estimate of drug-likeness (QED) is 0.528. The first kappa shape index (κ1) is 24.6. The van der Waals surface area contributed by atoms with Gasteiger partial charge < -0.3 is 19.1 Å². The SMILES string of the molecule is COCCNS(=O)(=O)c1ccc(C)c(C(=O)N(C)CCc2ccc(OC)c(OC)c2)c1. The number of nitrogens with one attached hydrogen (secondary N) is 1. The fourth-order valence-corrected chi connectivity index (χ4v) is 4.04. The molecule has 0 saturated carbocycles. The number of amides is 1. The smallest absolute Gasteiger partial charge is 0.253 e. The first-order valence-electron chi connectivity index (χ1n) is 9.79. The number of hydrogen-bond donors (Lipinski definition) is 1. The Morgan fingerprint density at radius 2 is 1.74 bits per heavy atom. The Kier molecular flexibility index (Phi) is 8.85. The molecule has 0 aliphatic heterocycles. The van der Waals surface area contributed by atoms with Gasteiger partial charge >= 0.3 is 0 Å². The number of sulfonamides is 1. The maximum Gasteiger partial charge on any atom is 0.253 e. The minimum atomic E-state index is -3.73. The minimum absolute atomic E-state index is 0.0471. The van der Waals surface area contributed by atoms with E-state index in [1.54, 1.807) is 39.2 Å². The lowest BCUT2D eigenvalue weighted by Gasteiger charge is -2.19. The Hall–Kier alpha value is -2.62.